The molecule has 8 nitrogen and oxygen atoms in total. The van der Waals surface area contributed by atoms with Crippen molar-refractivity contribution in [3.63, 3.8) is 0 Å². The fourth-order valence-corrected chi connectivity index (χ4v) is 3.55. The molecule has 1 aliphatic rings. The van der Waals surface area contributed by atoms with Crippen LogP contribution in [0.4, 0.5) is 10.5 Å². The van der Waals surface area contributed by atoms with E-state index in [1.54, 1.807) is 48.5 Å². The van der Waals surface area contributed by atoms with E-state index in [0.717, 1.165) is 22.2 Å². The lowest BCUT2D eigenvalue weighted by Gasteiger charge is -2.12. The van der Waals surface area contributed by atoms with Gasteiger partial charge in [0.05, 0.1) is 10.6 Å². The number of aromatic nitrogens is 2. The zero-order chi connectivity index (χ0) is 19.7. The fourth-order valence-electron chi connectivity index (χ4n) is 2.59. The van der Waals surface area contributed by atoms with Gasteiger partial charge in [-0.25, -0.2) is 4.63 Å². The number of carbonyl (C=O) groups excluding carboxylic acids is 3. The Morgan fingerprint density at radius 2 is 1.96 bits per heavy atom. The maximum absolute atomic E-state index is 12.5. The van der Waals surface area contributed by atoms with E-state index in [9.17, 15) is 14.4 Å². The zero-order valence-corrected chi connectivity index (χ0v) is 15.7. The van der Waals surface area contributed by atoms with Crippen molar-refractivity contribution in [1.29, 1.82) is 0 Å². The monoisotopic (exact) mass is 414 g/mol. The minimum absolute atomic E-state index is 0.239. The highest BCUT2D eigenvalue weighted by Gasteiger charge is 2.36. The molecule has 1 fully saturated rings. The quantitative estimate of drug-likeness (QED) is 0.650. The van der Waals surface area contributed by atoms with Gasteiger partial charge in [0, 0.05) is 5.02 Å². The van der Waals surface area contributed by atoms with Crippen LogP contribution in [0.1, 0.15) is 5.56 Å². The first-order valence-electron chi connectivity index (χ1n) is 8.03. The standard InChI is InChI=1S/C18H11ClN4O4S/c19-11-6-4-10(5-7-11)8-14-17(25)23(18(26)28-14)9-15(24)20-12-2-1-3-13-16(12)22-27-21-13/h1-8H,9H2,(H,20,24). The van der Waals surface area contributed by atoms with Crippen molar-refractivity contribution in [1.82, 2.24) is 15.2 Å². The molecule has 0 atom stereocenters. The fraction of sp³-hybridized carbons (Fsp3) is 0.0556. The van der Waals surface area contributed by atoms with Crippen LogP contribution in [0.3, 0.4) is 0 Å². The lowest BCUT2D eigenvalue weighted by molar-refractivity contribution is -0.127. The Balaban J connectivity index is 1.48. The zero-order valence-electron chi connectivity index (χ0n) is 14.1. The number of anilines is 1. The molecule has 0 unspecified atom stereocenters. The number of amides is 3. The second kappa shape index (κ2) is 7.45. The average molecular weight is 415 g/mol. The first kappa shape index (κ1) is 18.2. The average Bonchev–Trinajstić information content (AvgIpc) is 3.25. The summed E-state index contributed by atoms with van der Waals surface area (Å²) in [6, 6.07) is 11.8. The molecule has 1 aromatic heterocycles. The third kappa shape index (κ3) is 3.62. The Kier molecular flexibility index (Phi) is 4.84. The maximum atomic E-state index is 12.5. The molecule has 2 aromatic carbocycles. The number of hydrogen-bond acceptors (Lipinski definition) is 7. The summed E-state index contributed by atoms with van der Waals surface area (Å²) in [5, 5.41) is 10.1. The summed E-state index contributed by atoms with van der Waals surface area (Å²) < 4.78 is 4.64. The number of nitrogens with zero attached hydrogens (tertiary/aromatic N) is 3. The molecule has 10 heteroatoms. The van der Waals surface area contributed by atoms with E-state index < -0.39 is 23.6 Å². The van der Waals surface area contributed by atoms with Gasteiger partial charge >= 0.3 is 0 Å². The smallest absolute Gasteiger partial charge is 0.294 e. The van der Waals surface area contributed by atoms with Crippen molar-refractivity contribution in [2.75, 3.05) is 11.9 Å². The minimum atomic E-state index is -0.537. The van der Waals surface area contributed by atoms with Crippen molar-refractivity contribution in [2.45, 2.75) is 0 Å². The Hall–Kier alpha value is -3.17. The van der Waals surface area contributed by atoms with Gasteiger partial charge in [-0.1, -0.05) is 29.8 Å². The molecule has 2 heterocycles. The number of halogens is 1. The Morgan fingerprint density at radius 3 is 2.75 bits per heavy atom. The summed E-state index contributed by atoms with van der Waals surface area (Å²) in [6.07, 6.45) is 1.58. The largest absolute Gasteiger partial charge is 0.322 e. The van der Waals surface area contributed by atoms with Crippen LogP contribution in [-0.4, -0.2) is 38.8 Å². The highest BCUT2D eigenvalue weighted by Crippen LogP contribution is 2.32. The van der Waals surface area contributed by atoms with Crippen molar-refractivity contribution in [3.8, 4) is 0 Å². The van der Waals surface area contributed by atoms with E-state index >= 15 is 0 Å². The Labute approximate surface area is 167 Å². The van der Waals surface area contributed by atoms with Crippen molar-refractivity contribution < 1.29 is 19.0 Å². The second-order valence-electron chi connectivity index (χ2n) is 5.81. The molecule has 1 N–H and O–H groups in total. The molecule has 1 saturated heterocycles. The highest BCUT2D eigenvalue weighted by molar-refractivity contribution is 8.18. The molecule has 0 spiro atoms. The number of hydrogen-bond donors (Lipinski definition) is 1. The summed E-state index contributed by atoms with van der Waals surface area (Å²) in [6.45, 7) is -0.412. The van der Waals surface area contributed by atoms with Gasteiger partial charge in [-0.2, -0.15) is 0 Å². The van der Waals surface area contributed by atoms with Crippen LogP contribution in [0, 0.1) is 0 Å². The second-order valence-corrected chi connectivity index (χ2v) is 7.23. The molecular weight excluding hydrogens is 404 g/mol. The van der Waals surface area contributed by atoms with Gasteiger partial charge in [-0.05, 0) is 58.0 Å². The summed E-state index contributed by atoms with van der Waals surface area (Å²) >= 11 is 6.62. The minimum Gasteiger partial charge on any atom is -0.322 e. The van der Waals surface area contributed by atoms with Crippen LogP contribution in [-0.2, 0) is 9.59 Å². The van der Waals surface area contributed by atoms with Gasteiger partial charge in [0.2, 0.25) is 5.91 Å². The van der Waals surface area contributed by atoms with Gasteiger partial charge in [-0.15, -0.1) is 0 Å². The highest BCUT2D eigenvalue weighted by atomic mass is 35.5. The molecule has 140 valence electrons. The molecule has 0 aliphatic carbocycles. The molecule has 3 amide bonds. The topological polar surface area (TPSA) is 105 Å². The first-order valence-corrected chi connectivity index (χ1v) is 9.23. The van der Waals surface area contributed by atoms with E-state index in [1.807, 2.05) is 0 Å². The van der Waals surface area contributed by atoms with Crippen LogP contribution >= 0.6 is 23.4 Å². The molecule has 0 saturated carbocycles. The lowest BCUT2D eigenvalue weighted by atomic mass is 10.2. The molecular formula is C18H11ClN4O4S. The van der Waals surface area contributed by atoms with Crippen molar-refractivity contribution in [3.05, 3.63) is 58.0 Å². The SMILES string of the molecule is O=C(CN1C(=O)SC(=Cc2ccc(Cl)cc2)C1=O)Nc1cccc2nonc12. The Bertz CT molecular complexity index is 1130. The van der Waals surface area contributed by atoms with Gasteiger partial charge in [0.15, 0.2) is 5.52 Å². The van der Waals surface area contributed by atoms with Crippen LogP contribution in [0.5, 0.6) is 0 Å². The van der Waals surface area contributed by atoms with E-state index in [4.69, 9.17) is 11.6 Å². The number of nitrogens with one attached hydrogen (secondary N) is 1. The van der Waals surface area contributed by atoms with E-state index in [-0.39, 0.29) is 4.91 Å². The number of carbonyl (C=O) groups is 3. The third-order valence-electron chi connectivity index (χ3n) is 3.90. The Morgan fingerprint density at radius 1 is 1.18 bits per heavy atom. The van der Waals surface area contributed by atoms with Gasteiger partial charge in [-0.3, -0.25) is 19.3 Å². The molecule has 1 aliphatic heterocycles. The third-order valence-corrected chi connectivity index (χ3v) is 5.06. The normalized spacial score (nSPS) is 15.6. The number of imide groups is 1. The molecule has 4 rings (SSSR count). The first-order chi connectivity index (χ1) is 13.5. The number of fused-ring (bicyclic) bond motifs is 1. The lowest BCUT2D eigenvalue weighted by Crippen LogP contribution is -2.36. The van der Waals surface area contributed by atoms with Gasteiger partial charge in [0.1, 0.15) is 12.1 Å². The van der Waals surface area contributed by atoms with Crippen LogP contribution in [0.15, 0.2) is 52.0 Å². The van der Waals surface area contributed by atoms with Crippen molar-refractivity contribution in [2.24, 2.45) is 0 Å². The number of benzene rings is 2. The summed E-state index contributed by atoms with van der Waals surface area (Å²) in [4.78, 5) is 38.2. The van der Waals surface area contributed by atoms with E-state index in [2.05, 4.69) is 20.3 Å². The van der Waals surface area contributed by atoms with Gasteiger partial charge < -0.3 is 5.32 Å². The maximum Gasteiger partial charge on any atom is 0.294 e. The van der Waals surface area contributed by atoms with Crippen LogP contribution < -0.4 is 5.32 Å². The summed E-state index contributed by atoms with van der Waals surface area (Å²) in [7, 11) is 0. The van der Waals surface area contributed by atoms with E-state index in [1.165, 1.54) is 0 Å². The summed E-state index contributed by atoms with van der Waals surface area (Å²) in [5.41, 5.74) is 1.97. The number of thioether (sulfide) groups is 1. The van der Waals surface area contributed by atoms with Crippen molar-refractivity contribution >= 4 is 63.2 Å². The molecule has 0 bridgehead atoms. The summed E-state index contributed by atoms with van der Waals surface area (Å²) in [5.74, 6) is -1.06. The number of rotatable bonds is 4. The molecule has 0 radical (unpaired) electrons. The molecule has 3 aromatic rings. The van der Waals surface area contributed by atoms with Crippen LogP contribution in [0.25, 0.3) is 17.1 Å². The van der Waals surface area contributed by atoms with Crippen LogP contribution in [0.2, 0.25) is 5.02 Å². The predicted octanol–water partition coefficient (Wildman–Crippen LogP) is 3.55. The van der Waals surface area contributed by atoms with E-state index in [0.29, 0.717) is 21.7 Å². The molecule has 28 heavy (non-hydrogen) atoms. The predicted molar refractivity (Wildman–Crippen MR) is 105 cm³/mol. The van der Waals surface area contributed by atoms with Gasteiger partial charge in [0.25, 0.3) is 11.1 Å².